The molecule has 3 nitrogen and oxygen atoms in total. The molecule has 0 bridgehead atoms. The third kappa shape index (κ3) is 3.54. The zero-order valence-corrected chi connectivity index (χ0v) is 10.9. The molecule has 2 aromatic rings. The van der Waals surface area contributed by atoms with Gasteiger partial charge in [0.05, 0.1) is 0 Å². The molecule has 0 radical (unpaired) electrons. The molecular formula is C15H14F2N2O. The van der Waals surface area contributed by atoms with Gasteiger partial charge in [-0.3, -0.25) is 4.79 Å². The van der Waals surface area contributed by atoms with Gasteiger partial charge in [0.25, 0.3) is 0 Å². The number of nitrogens with one attached hydrogen (secondary N) is 2. The van der Waals surface area contributed by atoms with Crippen LogP contribution in [0, 0.1) is 11.6 Å². The SMILES string of the molecule is CC(Nc1ccc(F)c(F)c1)C(=O)Nc1ccccc1. The van der Waals surface area contributed by atoms with Gasteiger partial charge in [-0.2, -0.15) is 0 Å². The first-order valence-corrected chi connectivity index (χ1v) is 6.14. The lowest BCUT2D eigenvalue weighted by atomic mass is 10.2. The first-order chi connectivity index (χ1) is 9.56. The van der Waals surface area contributed by atoms with Crippen LogP contribution in [0.2, 0.25) is 0 Å². The van der Waals surface area contributed by atoms with Crippen LogP contribution < -0.4 is 10.6 Å². The molecule has 0 aliphatic rings. The third-order valence-electron chi connectivity index (χ3n) is 2.74. The number of hydrogen-bond acceptors (Lipinski definition) is 2. The minimum absolute atomic E-state index is 0.263. The maximum atomic E-state index is 13.1. The van der Waals surface area contributed by atoms with Gasteiger partial charge in [-0.25, -0.2) is 8.78 Å². The number of anilines is 2. The van der Waals surface area contributed by atoms with E-state index in [0.29, 0.717) is 11.4 Å². The lowest BCUT2D eigenvalue weighted by Gasteiger charge is -2.15. The maximum absolute atomic E-state index is 13.1. The summed E-state index contributed by atoms with van der Waals surface area (Å²) in [6.07, 6.45) is 0. The molecule has 0 saturated carbocycles. The van der Waals surface area contributed by atoms with Crippen molar-refractivity contribution in [2.75, 3.05) is 10.6 Å². The Labute approximate surface area is 115 Å². The van der Waals surface area contributed by atoms with Gasteiger partial charge < -0.3 is 10.6 Å². The number of benzene rings is 2. The average molecular weight is 276 g/mol. The number of para-hydroxylation sites is 1. The van der Waals surface area contributed by atoms with Crippen molar-refractivity contribution in [2.24, 2.45) is 0 Å². The van der Waals surface area contributed by atoms with Crippen molar-refractivity contribution in [1.29, 1.82) is 0 Å². The quantitative estimate of drug-likeness (QED) is 0.898. The first kappa shape index (κ1) is 14.0. The molecule has 1 amide bonds. The lowest BCUT2D eigenvalue weighted by Crippen LogP contribution is -2.31. The molecule has 0 heterocycles. The molecule has 2 N–H and O–H groups in total. The van der Waals surface area contributed by atoms with Crippen molar-refractivity contribution < 1.29 is 13.6 Å². The molecule has 0 saturated heterocycles. The van der Waals surface area contributed by atoms with Crippen LogP contribution in [-0.4, -0.2) is 11.9 Å². The maximum Gasteiger partial charge on any atom is 0.246 e. The smallest absolute Gasteiger partial charge is 0.246 e. The normalized spacial score (nSPS) is 11.8. The molecule has 2 rings (SSSR count). The van der Waals surface area contributed by atoms with E-state index < -0.39 is 17.7 Å². The largest absolute Gasteiger partial charge is 0.374 e. The standard InChI is InChI=1S/C15H14F2N2O/c1-10(15(20)19-11-5-3-2-4-6-11)18-12-7-8-13(16)14(17)9-12/h2-10,18H,1H3,(H,19,20). The highest BCUT2D eigenvalue weighted by molar-refractivity contribution is 5.96. The molecular weight excluding hydrogens is 262 g/mol. The predicted molar refractivity (Wildman–Crippen MR) is 74.5 cm³/mol. The monoisotopic (exact) mass is 276 g/mol. The zero-order chi connectivity index (χ0) is 14.5. The highest BCUT2D eigenvalue weighted by atomic mass is 19.2. The van der Waals surface area contributed by atoms with Gasteiger partial charge in [0, 0.05) is 17.4 Å². The molecule has 20 heavy (non-hydrogen) atoms. The number of carbonyl (C=O) groups excluding carboxylic acids is 1. The van der Waals surface area contributed by atoms with Crippen molar-refractivity contribution in [3.05, 3.63) is 60.2 Å². The highest BCUT2D eigenvalue weighted by Gasteiger charge is 2.13. The van der Waals surface area contributed by atoms with Gasteiger partial charge in [-0.05, 0) is 31.2 Å². The van der Waals surface area contributed by atoms with E-state index in [1.54, 1.807) is 19.1 Å². The van der Waals surface area contributed by atoms with Gasteiger partial charge in [-0.15, -0.1) is 0 Å². The molecule has 5 heteroatoms. The van der Waals surface area contributed by atoms with Crippen LogP contribution in [-0.2, 0) is 4.79 Å². The van der Waals surface area contributed by atoms with Gasteiger partial charge in [0.2, 0.25) is 5.91 Å². The first-order valence-electron chi connectivity index (χ1n) is 6.14. The second kappa shape index (κ2) is 6.14. The lowest BCUT2D eigenvalue weighted by molar-refractivity contribution is -0.116. The van der Waals surface area contributed by atoms with E-state index in [2.05, 4.69) is 10.6 Å². The summed E-state index contributed by atoms with van der Waals surface area (Å²) >= 11 is 0. The number of halogens is 2. The van der Waals surface area contributed by atoms with Crippen LogP contribution in [0.3, 0.4) is 0 Å². The van der Waals surface area contributed by atoms with Crippen LogP contribution in [0.15, 0.2) is 48.5 Å². The summed E-state index contributed by atoms with van der Waals surface area (Å²) in [4.78, 5) is 11.9. The van der Waals surface area contributed by atoms with E-state index in [1.165, 1.54) is 6.07 Å². The van der Waals surface area contributed by atoms with Gasteiger partial charge in [0.15, 0.2) is 11.6 Å². The second-order valence-electron chi connectivity index (χ2n) is 4.35. The molecule has 0 aromatic heterocycles. The van der Waals surface area contributed by atoms with Crippen LogP contribution in [0.4, 0.5) is 20.2 Å². The van der Waals surface area contributed by atoms with Crippen molar-refractivity contribution in [3.8, 4) is 0 Å². The Morgan fingerprint density at radius 2 is 1.70 bits per heavy atom. The highest BCUT2D eigenvalue weighted by Crippen LogP contribution is 2.14. The Balaban J connectivity index is 1.98. The summed E-state index contributed by atoms with van der Waals surface area (Å²) in [5.74, 6) is -2.14. The fourth-order valence-electron chi connectivity index (χ4n) is 1.67. The van der Waals surface area contributed by atoms with E-state index in [1.807, 2.05) is 18.2 Å². The summed E-state index contributed by atoms with van der Waals surface area (Å²) in [7, 11) is 0. The minimum atomic E-state index is -0.953. The number of rotatable bonds is 4. The Morgan fingerprint density at radius 3 is 2.35 bits per heavy atom. The minimum Gasteiger partial charge on any atom is -0.374 e. The Morgan fingerprint density at radius 1 is 1.00 bits per heavy atom. The molecule has 104 valence electrons. The van der Waals surface area contributed by atoms with Crippen molar-refractivity contribution in [2.45, 2.75) is 13.0 Å². The van der Waals surface area contributed by atoms with E-state index >= 15 is 0 Å². The van der Waals surface area contributed by atoms with E-state index in [4.69, 9.17) is 0 Å². The van der Waals surface area contributed by atoms with Crippen molar-refractivity contribution in [3.63, 3.8) is 0 Å². The average Bonchev–Trinajstić information content (AvgIpc) is 2.44. The molecule has 0 aliphatic heterocycles. The van der Waals surface area contributed by atoms with Gasteiger partial charge in [0.1, 0.15) is 6.04 Å². The fourth-order valence-corrected chi connectivity index (χ4v) is 1.67. The predicted octanol–water partition coefficient (Wildman–Crippen LogP) is 3.40. The summed E-state index contributed by atoms with van der Waals surface area (Å²) in [6.45, 7) is 1.64. The summed E-state index contributed by atoms with van der Waals surface area (Å²) in [5, 5.41) is 5.53. The van der Waals surface area contributed by atoms with Crippen molar-refractivity contribution in [1.82, 2.24) is 0 Å². The molecule has 0 spiro atoms. The summed E-state index contributed by atoms with van der Waals surface area (Å²) in [6, 6.07) is 11.8. The Hall–Kier alpha value is -2.43. The van der Waals surface area contributed by atoms with Crippen LogP contribution in [0.25, 0.3) is 0 Å². The number of carbonyl (C=O) groups is 1. The number of amides is 1. The zero-order valence-electron chi connectivity index (χ0n) is 10.9. The molecule has 0 fully saturated rings. The molecule has 1 unspecified atom stereocenters. The molecule has 1 atom stereocenters. The van der Waals surface area contributed by atoms with Crippen molar-refractivity contribution >= 4 is 17.3 Å². The number of hydrogen-bond donors (Lipinski definition) is 2. The summed E-state index contributed by atoms with van der Waals surface area (Å²) in [5.41, 5.74) is 1.02. The van der Waals surface area contributed by atoms with E-state index in [0.717, 1.165) is 12.1 Å². The van der Waals surface area contributed by atoms with Crippen LogP contribution in [0.5, 0.6) is 0 Å². The summed E-state index contributed by atoms with van der Waals surface area (Å²) < 4.78 is 25.9. The van der Waals surface area contributed by atoms with E-state index in [9.17, 15) is 13.6 Å². The Bertz CT molecular complexity index is 602. The third-order valence-corrected chi connectivity index (χ3v) is 2.74. The Kier molecular flexibility index (Phi) is 4.30. The van der Waals surface area contributed by atoms with Gasteiger partial charge >= 0.3 is 0 Å². The van der Waals surface area contributed by atoms with Crippen LogP contribution >= 0.6 is 0 Å². The van der Waals surface area contributed by atoms with E-state index in [-0.39, 0.29) is 5.91 Å². The van der Waals surface area contributed by atoms with Gasteiger partial charge in [-0.1, -0.05) is 18.2 Å². The molecule has 0 aliphatic carbocycles. The molecule has 2 aromatic carbocycles. The second-order valence-corrected chi connectivity index (χ2v) is 4.35. The van der Waals surface area contributed by atoms with Crippen LogP contribution in [0.1, 0.15) is 6.92 Å². The topological polar surface area (TPSA) is 41.1 Å². The fraction of sp³-hybridized carbons (Fsp3) is 0.133.